The monoisotopic (exact) mass is 290 g/mol. The Hall–Kier alpha value is -2.30. The van der Waals surface area contributed by atoms with Gasteiger partial charge in [0.05, 0.1) is 0 Å². The Bertz CT molecular complexity index is 472. The molecule has 5 heteroatoms. The summed E-state index contributed by atoms with van der Waals surface area (Å²) in [5.41, 5.74) is 1.05. The minimum atomic E-state index is -1.02. The second-order valence-corrected chi connectivity index (χ2v) is 4.67. The van der Waals surface area contributed by atoms with Crippen LogP contribution in [0, 0.1) is 0 Å². The van der Waals surface area contributed by atoms with Gasteiger partial charge in [-0.15, -0.1) is 0 Å². The van der Waals surface area contributed by atoms with Crippen LogP contribution in [0.3, 0.4) is 0 Å². The molecule has 0 aliphatic rings. The molecule has 1 rings (SSSR count). The highest BCUT2D eigenvalue weighted by Gasteiger charge is 2.19. The normalized spacial score (nSPS) is 12.0. The third-order valence-electron chi connectivity index (χ3n) is 3.00. The second-order valence-electron chi connectivity index (χ2n) is 4.67. The minimum Gasteiger partial charge on any atom is -0.480 e. The Morgan fingerprint density at radius 3 is 2.62 bits per heavy atom. The number of carbonyl (C=O) groups excluding carboxylic acids is 1. The van der Waals surface area contributed by atoms with E-state index in [0.717, 1.165) is 12.0 Å². The molecule has 0 saturated heterocycles. The lowest BCUT2D eigenvalue weighted by Crippen LogP contribution is -2.46. The van der Waals surface area contributed by atoms with E-state index in [-0.39, 0.29) is 0 Å². The lowest BCUT2D eigenvalue weighted by atomic mass is 10.1. The maximum absolute atomic E-state index is 11.6. The van der Waals surface area contributed by atoms with Crippen LogP contribution in [-0.2, 0) is 11.2 Å². The molecule has 0 heterocycles. The van der Waals surface area contributed by atoms with Crippen molar-refractivity contribution in [3.8, 4) is 0 Å². The number of allylic oxidation sites excluding steroid dienone is 1. The van der Waals surface area contributed by atoms with Gasteiger partial charge in [0.1, 0.15) is 6.04 Å². The van der Waals surface area contributed by atoms with Crippen LogP contribution in [0.1, 0.15) is 25.3 Å². The van der Waals surface area contributed by atoms with E-state index in [1.165, 1.54) is 0 Å². The smallest absolute Gasteiger partial charge is 0.326 e. The van der Waals surface area contributed by atoms with Gasteiger partial charge in [0.15, 0.2) is 0 Å². The molecule has 0 saturated carbocycles. The van der Waals surface area contributed by atoms with Gasteiger partial charge in [-0.25, -0.2) is 9.59 Å². The number of hydrogen-bond acceptors (Lipinski definition) is 2. The number of urea groups is 1. The summed E-state index contributed by atoms with van der Waals surface area (Å²) in [6.07, 6.45) is 5.54. The lowest BCUT2D eigenvalue weighted by Gasteiger charge is -2.15. The van der Waals surface area contributed by atoms with Crippen molar-refractivity contribution >= 4 is 12.0 Å². The number of rotatable bonds is 8. The number of carboxylic acid groups (broad SMARTS) is 1. The Balaban J connectivity index is 2.39. The molecular weight excluding hydrogens is 268 g/mol. The topological polar surface area (TPSA) is 78.4 Å². The zero-order valence-electron chi connectivity index (χ0n) is 12.2. The molecular formula is C16H22N2O3. The van der Waals surface area contributed by atoms with Crippen LogP contribution < -0.4 is 10.6 Å². The maximum atomic E-state index is 11.6. The van der Waals surface area contributed by atoms with Crippen LogP contribution in [0.15, 0.2) is 42.5 Å². The van der Waals surface area contributed by atoms with Crippen LogP contribution >= 0.6 is 0 Å². The predicted octanol–water partition coefficient (Wildman–Crippen LogP) is 2.34. The van der Waals surface area contributed by atoms with Gasteiger partial charge >= 0.3 is 12.0 Å². The standard InChI is InChI=1S/C16H22N2O3/c1-2-3-7-12-17-16(21)18-14(15(19)20)11-10-13-8-5-4-6-9-13/h2-6,8-9,14H,7,10-12H2,1H3,(H,19,20)(H2,17,18,21)/b3-2+/t14-/m0/s1. The van der Waals surface area contributed by atoms with E-state index in [9.17, 15) is 9.59 Å². The van der Waals surface area contributed by atoms with Crippen molar-refractivity contribution < 1.29 is 14.7 Å². The van der Waals surface area contributed by atoms with Gasteiger partial charge in [-0.05, 0) is 31.7 Å². The number of aliphatic carboxylic acids is 1. The third-order valence-corrected chi connectivity index (χ3v) is 3.00. The fourth-order valence-corrected chi connectivity index (χ4v) is 1.86. The fraction of sp³-hybridized carbons (Fsp3) is 0.375. The summed E-state index contributed by atoms with van der Waals surface area (Å²) in [5, 5.41) is 14.3. The first-order valence-electron chi connectivity index (χ1n) is 7.05. The van der Waals surface area contributed by atoms with Crippen LogP contribution in [0.2, 0.25) is 0 Å². The highest BCUT2D eigenvalue weighted by molar-refractivity contribution is 5.82. The molecule has 3 N–H and O–H groups in total. The summed E-state index contributed by atoms with van der Waals surface area (Å²) < 4.78 is 0. The number of nitrogens with one attached hydrogen (secondary N) is 2. The zero-order valence-corrected chi connectivity index (χ0v) is 12.2. The average molecular weight is 290 g/mol. The molecule has 114 valence electrons. The number of benzene rings is 1. The van der Waals surface area contributed by atoms with Crippen molar-refractivity contribution in [1.82, 2.24) is 10.6 Å². The van der Waals surface area contributed by atoms with E-state index >= 15 is 0 Å². The fourth-order valence-electron chi connectivity index (χ4n) is 1.86. The average Bonchev–Trinajstić information content (AvgIpc) is 2.48. The van der Waals surface area contributed by atoms with Gasteiger partial charge in [-0.1, -0.05) is 42.5 Å². The molecule has 0 aliphatic carbocycles. The van der Waals surface area contributed by atoms with Crippen molar-refractivity contribution in [1.29, 1.82) is 0 Å². The number of hydrogen-bond donors (Lipinski definition) is 3. The molecule has 21 heavy (non-hydrogen) atoms. The molecule has 1 aromatic rings. The predicted molar refractivity (Wildman–Crippen MR) is 82.2 cm³/mol. The summed E-state index contributed by atoms with van der Waals surface area (Å²) in [7, 11) is 0. The van der Waals surface area contributed by atoms with Crippen molar-refractivity contribution in [3.05, 3.63) is 48.0 Å². The summed E-state index contributed by atoms with van der Waals surface area (Å²) in [6.45, 7) is 2.39. The molecule has 0 bridgehead atoms. The molecule has 0 aliphatic heterocycles. The highest BCUT2D eigenvalue weighted by atomic mass is 16.4. The molecule has 0 spiro atoms. The van der Waals surface area contributed by atoms with Gasteiger partial charge in [-0.3, -0.25) is 0 Å². The number of aryl methyl sites for hydroxylation is 1. The lowest BCUT2D eigenvalue weighted by molar-refractivity contribution is -0.139. The molecule has 0 fully saturated rings. The summed E-state index contributed by atoms with van der Waals surface area (Å²) >= 11 is 0. The van der Waals surface area contributed by atoms with E-state index < -0.39 is 18.0 Å². The Labute approximate surface area is 125 Å². The van der Waals surface area contributed by atoms with Crippen LogP contribution in [0.4, 0.5) is 4.79 Å². The maximum Gasteiger partial charge on any atom is 0.326 e. The summed E-state index contributed by atoms with van der Waals surface area (Å²) in [4.78, 5) is 22.8. The largest absolute Gasteiger partial charge is 0.480 e. The first-order valence-corrected chi connectivity index (χ1v) is 7.05. The van der Waals surface area contributed by atoms with E-state index in [1.807, 2.05) is 49.4 Å². The van der Waals surface area contributed by atoms with Crippen LogP contribution in [0.5, 0.6) is 0 Å². The van der Waals surface area contributed by atoms with Crippen molar-refractivity contribution in [2.45, 2.75) is 32.2 Å². The SMILES string of the molecule is C/C=C/CCNC(=O)N[C@@H](CCc1ccccc1)C(=O)O. The van der Waals surface area contributed by atoms with E-state index in [2.05, 4.69) is 10.6 Å². The Kier molecular flexibility index (Phi) is 7.64. The molecule has 2 amide bonds. The van der Waals surface area contributed by atoms with Gasteiger partial charge in [0.25, 0.3) is 0 Å². The van der Waals surface area contributed by atoms with Crippen LogP contribution in [0.25, 0.3) is 0 Å². The Morgan fingerprint density at radius 2 is 2.00 bits per heavy atom. The second kappa shape index (κ2) is 9.58. The van der Waals surface area contributed by atoms with Crippen molar-refractivity contribution in [3.63, 3.8) is 0 Å². The van der Waals surface area contributed by atoms with E-state index in [1.54, 1.807) is 0 Å². The molecule has 0 radical (unpaired) electrons. The van der Waals surface area contributed by atoms with Crippen molar-refractivity contribution in [2.24, 2.45) is 0 Å². The number of amides is 2. The highest BCUT2D eigenvalue weighted by Crippen LogP contribution is 2.05. The van der Waals surface area contributed by atoms with Crippen molar-refractivity contribution in [2.75, 3.05) is 6.54 Å². The van der Waals surface area contributed by atoms with E-state index in [0.29, 0.717) is 19.4 Å². The first-order chi connectivity index (χ1) is 10.1. The third kappa shape index (κ3) is 7.15. The molecule has 5 nitrogen and oxygen atoms in total. The quantitative estimate of drug-likeness (QED) is 0.508. The summed E-state index contributed by atoms with van der Waals surface area (Å²) in [5.74, 6) is -1.02. The minimum absolute atomic E-state index is 0.363. The number of carboxylic acids is 1. The van der Waals surface area contributed by atoms with Gasteiger partial charge < -0.3 is 15.7 Å². The first kappa shape index (κ1) is 16.8. The molecule has 1 aromatic carbocycles. The zero-order chi connectivity index (χ0) is 15.5. The summed E-state index contributed by atoms with van der Waals surface area (Å²) in [6, 6.07) is 8.28. The van der Waals surface area contributed by atoms with Gasteiger partial charge in [0.2, 0.25) is 0 Å². The number of carbonyl (C=O) groups is 2. The van der Waals surface area contributed by atoms with Gasteiger partial charge in [-0.2, -0.15) is 0 Å². The van der Waals surface area contributed by atoms with Gasteiger partial charge in [0, 0.05) is 6.54 Å². The molecule has 0 unspecified atom stereocenters. The van der Waals surface area contributed by atoms with Crippen LogP contribution in [-0.4, -0.2) is 29.7 Å². The Morgan fingerprint density at radius 1 is 1.29 bits per heavy atom. The molecule has 0 aromatic heterocycles. The van der Waals surface area contributed by atoms with E-state index in [4.69, 9.17) is 5.11 Å². The molecule has 1 atom stereocenters.